The average molecular weight is 279 g/mol. The molecule has 0 amide bonds. The lowest BCUT2D eigenvalue weighted by Gasteiger charge is -2.17. The number of benzene rings is 2. The van der Waals surface area contributed by atoms with Crippen LogP contribution in [0.25, 0.3) is 22.4 Å². The van der Waals surface area contributed by atoms with Crippen molar-refractivity contribution in [1.29, 1.82) is 0 Å². The van der Waals surface area contributed by atoms with E-state index in [1.165, 1.54) is 9.92 Å². The topological polar surface area (TPSA) is 33.1 Å². The van der Waals surface area contributed by atoms with Crippen LogP contribution in [0, 0.1) is 0 Å². The highest BCUT2D eigenvalue weighted by molar-refractivity contribution is 7.18. The minimum atomic E-state index is -0.509. The molecular formula is C17H13NOS. The van der Waals surface area contributed by atoms with Gasteiger partial charge in [-0.2, -0.15) is 0 Å². The van der Waals surface area contributed by atoms with Crippen LogP contribution in [-0.2, 0) is 0 Å². The van der Waals surface area contributed by atoms with Crippen molar-refractivity contribution in [3.63, 3.8) is 0 Å². The highest BCUT2D eigenvalue weighted by Crippen LogP contribution is 2.31. The minimum Gasteiger partial charge on any atom is -0.388 e. The lowest BCUT2D eigenvalue weighted by Crippen LogP contribution is -2.33. The van der Waals surface area contributed by atoms with Crippen molar-refractivity contribution in [2.24, 2.45) is 0 Å². The molecule has 2 aromatic carbocycles. The van der Waals surface area contributed by atoms with Crippen molar-refractivity contribution in [2.75, 3.05) is 0 Å². The average Bonchev–Trinajstić information content (AvgIpc) is 2.90. The van der Waals surface area contributed by atoms with E-state index in [4.69, 9.17) is 0 Å². The number of hydrogen-bond acceptors (Lipinski definition) is 3. The Morgan fingerprint density at radius 1 is 0.900 bits per heavy atom. The molecule has 0 saturated carbocycles. The summed E-state index contributed by atoms with van der Waals surface area (Å²) in [5.74, 6) is -0.0534. The zero-order chi connectivity index (χ0) is 13.5. The molecule has 3 heteroatoms. The van der Waals surface area contributed by atoms with E-state index in [9.17, 15) is 5.11 Å². The van der Waals surface area contributed by atoms with Gasteiger partial charge in [0.1, 0.15) is 5.01 Å². The van der Waals surface area contributed by atoms with Gasteiger partial charge in [0.2, 0.25) is 0 Å². The summed E-state index contributed by atoms with van der Waals surface area (Å²) < 4.78 is 1.17. The predicted molar refractivity (Wildman–Crippen MR) is 83.0 cm³/mol. The fourth-order valence-corrected chi connectivity index (χ4v) is 3.72. The summed E-state index contributed by atoms with van der Waals surface area (Å²) in [6, 6.07) is 16.2. The highest BCUT2D eigenvalue weighted by Gasteiger charge is 2.22. The number of fused-ring (bicyclic) bond motifs is 2. The van der Waals surface area contributed by atoms with E-state index in [0.29, 0.717) is 0 Å². The molecule has 3 aromatic rings. The molecule has 2 atom stereocenters. The number of aliphatic hydroxyl groups is 1. The molecule has 1 aliphatic carbocycles. The van der Waals surface area contributed by atoms with Gasteiger partial charge in [0.25, 0.3) is 0 Å². The van der Waals surface area contributed by atoms with E-state index in [1.54, 1.807) is 11.3 Å². The highest BCUT2D eigenvalue weighted by atomic mass is 32.1. The van der Waals surface area contributed by atoms with Gasteiger partial charge in [-0.05, 0) is 28.6 Å². The van der Waals surface area contributed by atoms with Crippen LogP contribution in [0.1, 0.15) is 10.9 Å². The van der Waals surface area contributed by atoms with Gasteiger partial charge >= 0.3 is 0 Å². The number of aliphatic hydroxyl groups excluding tert-OH is 1. The fraction of sp³-hybridized carbons (Fsp3) is 0.118. The molecule has 0 saturated heterocycles. The first-order valence-electron chi connectivity index (χ1n) is 6.63. The summed E-state index contributed by atoms with van der Waals surface area (Å²) in [6.45, 7) is 0. The van der Waals surface area contributed by atoms with Gasteiger partial charge in [0, 0.05) is 0 Å². The largest absolute Gasteiger partial charge is 0.388 e. The molecule has 0 fully saturated rings. The van der Waals surface area contributed by atoms with Crippen LogP contribution >= 0.6 is 11.3 Å². The summed E-state index contributed by atoms with van der Waals surface area (Å²) in [5.41, 5.74) is 1.01. The Morgan fingerprint density at radius 2 is 1.60 bits per heavy atom. The first-order chi connectivity index (χ1) is 9.81. The molecule has 2 unspecified atom stereocenters. The monoisotopic (exact) mass is 279 g/mol. The van der Waals surface area contributed by atoms with E-state index < -0.39 is 6.10 Å². The number of nitrogens with zero attached hydrogens (tertiary/aromatic N) is 1. The zero-order valence-electron chi connectivity index (χ0n) is 10.7. The Bertz CT molecular complexity index is 863. The van der Waals surface area contributed by atoms with Crippen LogP contribution < -0.4 is 10.4 Å². The van der Waals surface area contributed by atoms with Crippen LogP contribution in [0.5, 0.6) is 0 Å². The second kappa shape index (κ2) is 4.54. The second-order valence-electron chi connectivity index (χ2n) is 5.00. The molecule has 2 nitrogen and oxygen atoms in total. The van der Waals surface area contributed by atoms with Gasteiger partial charge in [-0.25, -0.2) is 4.98 Å². The maximum absolute atomic E-state index is 10.4. The molecule has 0 bridgehead atoms. The molecule has 0 radical (unpaired) electrons. The summed E-state index contributed by atoms with van der Waals surface area (Å²) >= 11 is 1.66. The van der Waals surface area contributed by atoms with Gasteiger partial charge in [0.05, 0.1) is 22.2 Å². The summed E-state index contributed by atoms with van der Waals surface area (Å²) in [6.07, 6.45) is 3.54. The standard InChI is InChI=1S/C17H13NOS/c19-15-10-12-6-2-1-5-11(12)9-13(15)17-18-14-7-3-4-8-16(14)20-17/h1-10,13,15,19H. The van der Waals surface area contributed by atoms with Gasteiger partial charge < -0.3 is 5.11 Å². The van der Waals surface area contributed by atoms with Gasteiger partial charge in [0.15, 0.2) is 0 Å². The minimum absolute atomic E-state index is 0.0534. The summed E-state index contributed by atoms with van der Waals surface area (Å²) in [4.78, 5) is 4.67. The Labute approximate surface area is 120 Å². The van der Waals surface area contributed by atoms with Crippen molar-refractivity contribution in [1.82, 2.24) is 4.98 Å². The fourth-order valence-electron chi connectivity index (χ4n) is 2.64. The third-order valence-electron chi connectivity index (χ3n) is 3.67. The molecule has 20 heavy (non-hydrogen) atoms. The molecule has 0 spiro atoms. The molecule has 4 rings (SSSR count). The van der Waals surface area contributed by atoms with E-state index in [0.717, 1.165) is 15.7 Å². The Kier molecular flexibility index (Phi) is 2.69. The predicted octanol–water partition coefficient (Wildman–Crippen LogP) is 2.02. The molecule has 1 N–H and O–H groups in total. The smallest absolute Gasteiger partial charge is 0.104 e. The summed E-state index contributed by atoms with van der Waals surface area (Å²) in [7, 11) is 0. The number of rotatable bonds is 1. The van der Waals surface area contributed by atoms with E-state index in [-0.39, 0.29) is 5.92 Å². The van der Waals surface area contributed by atoms with Crippen molar-refractivity contribution in [3.05, 3.63) is 64.0 Å². The van der Waals surface area contributed by atoms with Gasteiger partial charge in [-0.3, -0.25) is 0 Å². The number of hydrogen-bond donors (Lipinski definition) is 1. The summed E-state index contributed by atoms with van der Waals surface area (Å²) in [5, 5.41) is 13.6. The van der Waals surface area contributed by atoms with Gasteiger partial charge in [-0.1, -0.05) is 42.5 Å². The van der Waals surface area contributed by atoms with Crippen molar-refractivity contribution >= 4 is 33.7 Å². The molecule has 0 aliphatic heterocycles. The van der Waals surface area contributed by atoms with E-state index >= 15 is 0 Å². The third-order valence-corrected chi connectivity index (χ3v) is 4.81. The lowest BCUT2D eigenvalue weighted by atomic mass is 9.95. The maximum atomic E-state index is 10.4. The number of para-hydroxylation sites is 1. The second-order valence-corrected chi connectivity index (χ2v) is 6.06. The van der Waals surface area contributed by atoms with Crippen molar-refractivity contribution in [2.45, 2.75) is 12.0 Å². The molecule has 1 aliphatic rings. The molecule has 1 aromatic heterocycles. The maximum Gasteiger partial charge on any atom is 0.104 e. The zero-order valence-corrected chi connectivity index (χ0v) is 11.5. The van der Waals surface area contributed by atoms with E-state index in [2.05, 4.69) is 23.2 Å². The van der Waals surface area contributed by atoms with Crippen molar-refractivity contribution < 1.29 is 5.11 Å². The Morgan fingerprint density at radius 3 is 2.40 bits per heavy atom. The van der Waals surface area contributed by atoms with Crippen LogP contribution in [-0.4, -0.2) is 16.2 Å². The lowest BCUT2D eigenvalue weighted by molar-refractivity contribution is 0.225. The van der Waals surface area contributed by atoms with E-state index in [1.807, 2.05) is 42.5 Å². The quantitative estimate of drug-likeness (QED) is 0.739. The van der Waals surface area contributed by atoms with Gasteiger partial charge in [-0.15, -0.1) is 11.3 Å². The third kappa shape index (κ3) is 1.87. The molecule has 98 valence electrons. The number of aromatic nitrogens is 1. The van der Waals surface area contributed by atoms with Crippen LogP contribution in [0.2, 0.25) is 0 Å². The van der Waals surface area contributed by atoms with Crippen molar-refractivity contribution in [3.8, 4) is 0 Å². The SMILES string of the molecule is OC1C=c2ccccc2=CC1c1nc2ccccc2s1. The van der Waals surface area contributed by atoms with Crippen LogP contribution in [0.15, 0.2) is 48.5 Å². The molecular weight excluding hydrogens is 266 g/mol. The normalized spacial score (nSPS) is 21.1. The molecule has 1 heterocycles. The first-order valence-corrected chi connectivity index (χ1v) is 7.45. The van der Waals surface area contributed by atoms with Crippen LogP contribution in [0.3, 0.4) is 0 Å². The Balaban J connectivity index is 1.88. The number of thiazole rings is 1. The van der Waals surface area contributed by atoms with Crippen LogP contribution in [0.4, 0.5) is 0 Å². The Hall–Kier alpha value is -1.97. The first kappa shape index (κ1) is 11.8.